The fourth-order valence-electron chi connectivity index (χ4n) is 1.77. The Morgan fingerprint density at radius 2 is 1.53 bits per heavy atom. The van der Waals surface area contributed by atoms with E-state index in [4.69, 9.17) is 0 Å². The van der Waals surface area contributed by atoms with E-state index in [9.17, 15) is 8.42 Å². The highest BCUT2D eigenvalue weighted by molar-refractivity contribution is 7.89. The van der Waals surface area contributed by atoms with Crippen LogP contribution in [0.25, 0.3) is 0 Å². The van der Waals surface area contributed by atoms with Crippen molar-refractivity contribution >= 4 is 22.4 Å². The second kappa shape index (κ2) is 5.82. The predicted octanol–water partition coefficient (Wildman–Crippen LogP) is 1.04. The van der Waals surface area contributed by atoms with Crippen molar-refractivity contribution < 1.29 is 8.42 Å². The molecule has 0 bridgehead atoms. The number of sulfonamides is 1. The zero-order chi connectivity index (χ0) is 11.6. The Hall–Kier alpha value is -0.620. The summed E-state index contributed by atoms with van der Waals surface area (Å²) in [5, 5.41) is 0. The van der Waals surface area contributed by atoms with E-state index in [1.54, 1.807) is 28.6 Å². The minimum Gasteiger partial charge on any atom is -0.304 e. The van der Waals surface area contributed by atoms with Crippen molar-refractivity contribution in [3.05, 3.63) is 30.3 Å². The van der Waals surface area contributed by atoms with Gasteiger partial charge in [-0.1, -0.05) is 18.2 Å². The topological polar surface area (TPSA) is 40.6 Å². The van der Waals surface area contributed by atoms with Crippen LogP contribution in [-0.4, -0.2) is 50.8 Å². The first-order valence-electron chi connectivity index (χ1n) is 5.34. The summed E-state index contributed by atoms with van der Waals surface area (Å²) >= 11 is 0. The van der Waals surface area contributed by atoms with Gasteiger partial charge in [-0.3, -0.25) is 0 Å². The first kappa shape index (κ1) is 14.4. The van der Waals surface area contributed by atoms with Gasteiger partial charge in [0, 0.05) is 26.2 Å². The van der Waals surface area contributed by atoms with E-state index >= 15 is 0 Å². The third-order valence-electron chi connectivity index (χ3n) is 2.84. The average molecular weight is 277 g/mol. The number of rotatable bonds is 2. The lowest BCUT2D eigenvalue weighted by Crippen LogP contribution is -2.46. The summed E-state index contributed by atoms with van der Waals surface area (Å²) in [6.07, 6.45) is 0. The van der Waals surface area contributed by atoms with Crippen LogP contribution in [0.4, 0.5) is 0 Å². The quantitative estimate of drug-likeness (QED) is 0.811. The van der Waals surface area contributed by atoms with Crippen LogP contribution in [0.2, 0.25) is 0 Å². The summed E-state index contributed by atoms with van der Waals surface area (Å²) in [4.78, 5) is 2.52. The molecular weight excluding hydrogens is 260 g/mol. The molecule has 0 atom stereocenters. The number of halogens is 1. The van der Waals surface area contributed by atoms with Gasteiger partial charge in [-0.25, -0.2) is 8.42 Å². The summed E-state index contributed by atoms with van der Waals surface area (Å²) in [5.74, 6) is 0. The number of benzene rings is 1. The van der Waals surface area contributed by atoms with Crippen LogP contribution in [0.5, 0.6) is 0 Å². The molecule has 1 aromatic carbocycles. The van der Waals surface area contributed by atoms with Crippen molar-refractivity contribution in [2.45, 2.75) is 4.90 Å². The van der Waals surface area contributed by atoms with Gasteiger partial charge in [0.1, 0.15) is 0 Å². The van der Waals surface area contributed by atoms with Crippen LogP contribution in [0, 0.1) is 0 Å². The van der Waals surface area contributed by atoms with Crippen molar-refractivity contribution in [2.75, 3.05) is 33.2 Å². The van der Waals surface area contributed by atoms with E-state index in [0.29, 0.717) is 18.0 Å². The zero-order valence-electron chi connectivity index (χ0n) is 9.74. The van der Waals surface area contributed by atoms with Gasteiger partial charge in [-0.2, -0.15) is 4.31 Å². The minimum absolute atomic E-state index is 0. The second-order valence-corrected chi connectivity index (χ2v) is 5.96. The number of piperazine rings is 1. The van der Waals surface area contributed by atoms with E-state index in [1.165, 1.54) is 0 Å². The number of hydrogen-bond acceptors (Lipinski definition) is 3. The number of likely N-dealkylation sites (N-methyl/N-ethyl adjacent to an activating group) is 1. The Balaban J connectivity index is 0.00000144. The van der Waals surface area contributed by atoms with Crippen LogP contribution in [0.15, 0.2) is 35.2 Å². The van der Waals surface area contributed by atoms with Crippen LogP contribution >= 0.6 is 12.4 Å². The molecule has 1 saturated heterocycles. The zero-order valence-corrected chi connectivity index (χ0v) is 11.4. The molecule has 0 amide bonds. The highest BCUT2D eigenvalue weighted by atomic mass is 35.5. The van der Waals surface area contributed by atoms with E-state index in [0.717, 1.165) is 13.1 Å². The van der Waals surface area contributed by atoms with Crippen molar-refractivity contribution in [1.29, 1.82) is 0 Å². The molecule has 6 heteroatoms. The summed E-state index contributed by atoms with van der Waals surface area (Å²) in [6.45, 7) is 2.75. The van der Waals surface area contributed by atoms with Crippen molar-refractivity contribution in [1.82, 2.24) is 9.21 Å². The molecule has 0 aliphatic carbocycles. The molecule has 0 aromatic heterocycles. The SMILES string of the molecule is CN1CCN(S(=O)(=O)c2ccccc2)CC1.Cl. The fourth-order valence-corrected chi connectivity index (χ4v) is 3.21. The molecule has 0 N–H and O–H groups in total. The van der Waals surface area contributed by atoms with Crippen LogP contribution < -0.4 is 0 Å². The van der Waals surface area contributed by atoms with Gasteiger partial charge in [0.2, 0.25) is 10.0 Å². The van der Waals surface area contributed by atoms with Gasteiger partial charge in [0.25, 0.3) is 0 Å². The largest absolute Gasteiger partial charge is 0.304 e. The Kier molecular flexibility index (Phi) is 4.94. The van der Waals surface area contributed by atoms with Gasteiger partial charge in [0.05, 0.1) is 4.90 Å². The molecule has 17 heavy (non-hydrogen) atoms. The Bertz CT molecular complexity index is 442. The minimum atomic E-state index is -3.28. The second-order valence-electron chi connectivity index (χ2n) is 4.02. The Morgan fingerprint density at radius 1 is 1.00 bits per heavy atom. The Morgan fingerprint density at radius 3 is 2.06 bits per heavy atom. The third-order valence-corrected chi connectivity index (χ3v) is 4.76. The van der Waals surface area contributed by atoms with Gasteiger partial charge in [-0.05, 0) is 19.2 Å². The molecule has 1 aromatic rings. The Labute approximate surface area is 109 Å². The summed E-state index contributed by atoms with van der Waals surface area (Å²) in [5.41, 5.74) is 0. The molecule has 0 saturated carbocycles. The first-order valence-corrected chi connectivity index (χ1v) is 6.78. The van der Waals surface area contributed by atoms with Gasteiger partial charge < -0.3 is 4.90 Å². The average Bonchev–Trinajstić information content (AvgIpc) is 2.31. The van der Waals surface area contributed by atoms with Crippen LogP contribution in [0.3, 0.4) is 0 Å². The molecule has 0 spiro atoms. The number of nitrogens with zero attached hydrogens (tertiary/aromatic N) is 2. The summed E-state index contributed by atoms with van der Waals surface area (Å²) < 4.78 is 26.0. The van der Waals surface area contributed by atoms with Gasteiger partial charge >= 0.3 is 0 Å². The van der Waals surface area contributed by atoms with Crippen LogP contribution in [0.1, 0.15) is 0 Å². The predicted molar refractivity (Wildman–Crippen MR) is 69.9 cm³/mol. The van der Waals surface area contributed by atoms with E-state index in [1.807, 2.05) is 13.1 Å². The lowest BCUT2D eigenvalue weighted by molar-refractivity contribution is 0.222. The molecule has 0 radical (unpaired) electrons. The normalized spacial score (nSPS) is 18.6. The molecule has 1 fully saturated rings. The fraction of sp³-hybridized carbons (Fsp3) is 0.455. The van der Waals surface area contributed by atoms with E-state index < -0.39 is 10.0 Å². The monoisotopic (exact) mass is 276 g/mol. The maximum Gasteiger partial charge on any atom is 0.243 e. The summed E-state index contributed by atoms with van der Waals surface area (Å²) in [6, 6.07) is 8.62. The first-order chi connectivity index (χ1) is 7.60. The standard InChI is InChI=1S/C11H16N2O2S.ClH/c1-12-7-9-13(10-8-12)16(14,15)11-5-3-2-4-6-11;/h2-6H,7-10H2,1H3;1H. The molecule has 2 rings (SSSR count). The van der Waals surface area contributed by atoms with Crippen molar-refractivity contribution in [3.8, 4) is 0 Å². The summed E-state index contributed by atoms with van der Waals surface area (Å²) in [7, 11) is -1.27. The maximum atomic E-state index is 12.2. The maximum absolute atomic E-state index is 12.2. The van der Waals surface area contributed by atoms with E-state index in [2.05, 4.69) is 4.90 Å². The molecule has 0 unspecified atom stereocenters. The molecule has 1 aliphatic rings. The molecule has 4 nitrogen and oxygen atoms in total. The molecular formula is C11H17ClN2O2S. The lowest BCUT2D eigenvalue weighted by atomic mass is 10.4. The molecule has 1 aliphatic heterocycles. The highest BCUT2D eigenvalue weighted by Crippen LogP contribution is 2.16. The highest BCUT2D eigenvalue weighted by Gasteiger charge is 2.26. The molecule has 1 heterocycles. The van der Waals surface area contributed by atoms with Crippen molar-refractivity contribution in [3.63, 3.8) is 0 Å². The smallest absolute Gasteiger partial charge is 0.243 e. The molecule has 96 valence electrons. The van der Waals surface area contributed by atoms with Crippen molar-refractivity contribution in [2.24, 2.45) is 0 Å². The van der Waals surface area contributed by atoms with Gasteiger partial charge in [0.15, 0.2) is 0 Å². The van der Waals surface area contributed by atoms with Gasteiger partial charge in [-0.15, -0.1) is 12.4 Å². The van der Waals surface area contributed by atoms with Crippen LogP contribution in [-0.2, 0) is 10.0 Å². The lowest BCUT2D eigenvalue weighted by Gasteiger charge is -2.31. The third kappa shape index (κ3) is 3.19. The number of hydrogen-bond donors (Lipinski definition) is 0. The van der Waals surface area contributed by atoms with E-state index in [-0.39, 0.29) is 12.4 Å².